The van der Waals surface area contributed by atoms with Crippen molar-refractivity contribution in [3.8, 4) is 0 Å². The Morgan fingerprint density at radius 2 is 2.20 bits per heavy atom. The molecule has 0 spiro atoms. The second-order valence-corrected chi connectivity index (χ2v) is 6.00. The van der Waals surface area contributed by atoms with Crippen LogP contribution < -0.4 is 0 Å². The van der Waals surface area contributed by atoms with Gasteiger partial charge in [0.15, 0.2) is 0 Å². The highest BCUT2D eigenvalue weighted by molar-refractivity contribution is 5.77. The predicted octanol–water partition coefficient (Wildman–Crippen LogP) is 3.96. The smallest absolute Gasteiger partial charge is 0.307 e. The molecule has 0 saturated heterocycles. The van der Waals surface area contributed by atoms with E-state index in [-0.39, 0.29) is 5.41 Å². The standard InChI is InChI=1S/C17H24O3/c1-13-6-5-10-17(3,4)16(13)8-7-15(12-18)9-11-20-14(2)19/h6-7,9,11-12,16H,5,8,10H2,1-4H3. The molecule has 0 aromatic carbocycles. The van der Waals surface area contributed by atoms with Gasteiger partial charge in [-0.3, -0.25) is 9.59 Å². The zero-order chi connectivity index (χ0) is 15.2. The number of ether oxygens (including phenoxy) is 1. The maximum atomic E-state index is 11.0. The third-order valence-electron chi connectivity index (χ3n) is 3.97. The Bertz CT molecular complexity index is 453. The SMILES string of the molecule is CC(=O)OC=CC(C=O)=CCC1C(C)=CCCC1(C)C. The van der Waals surface area contributed by atoms with Crippen LogP contribution in [0.3, 0.4) is 0 Å². The first-order valence-electron chi connectivity index (χ1n) is 7.02. The summed E-state index contributed by atoms with van der Waals surface area (Å²) in [5.74, 6) is 0.0621. The van der Waals surface area contributed by atoms with Gasteiger partial charge >= 0.3 is 5.97 Å². The topological polar surface area (TPSA) is 43.4 Å². The van der Waals surface area contributed by atoms with Gasteiger partial charge in [0.05, 0.1) is 6.26 Å². The van der Waals surface area contributed by atoms with Gasteiger partial charge in [0.1, 0.15) is 6.29 Å². The van der Waals surface area contributed by atoms with E-state index in [1.54, 1.807) is 0 Å². The maximum Gasteiger partial charge on any atom is 0.307 e. The van der Waals surface area contributed by atoms with Gasteiger partial charge in [-0.1, -0.05) is 31.6 Å². The van der Waals surface area contributed by atoms with Crippen LogP contribution in [0.25, 0.3) is 0 Å². The van der Waals surface area contributed by atoms with Crippen molar-refractivity contribution in [1.82, 2.24) is 0 Å². The summed E-state index contributed by atoms with van der Waals surface area (Å²) in [6.07, 6.45) is 10.9. The molecular formula is C17H24O3. The van der Waals surface area contributed by atoms with E-state index < -0.39 is 5.97 Å². The van der Waals surface area contributed by atoms with Crippen molar-refractivity contribution in [1.29, 1.82) is 0 Å². The van der Waals surface area contributed by atoms with E-state index in [9.17, 15) is 9.59 Å². The number of hydrogen-bond donors (Lipinski definition) is 0. The van der Waals surface area contributed by atoms with Crippen LogP contribution in [-0.4, -0.2) is 12.3 Å². The lowest BCUT2D eigenvalue weighted by atomic mass is 9.67. The first-order valence-corrected chi connectivity index (χ1v) is 7.02. The van der Waals surface area contributed by atoms with Gasteiger partial charge in [0.25, 0.3) is 0 Å². The summed E-state index contributed by atoms with van der Waals surface area (Å²) in [4.78, 5) is 21.7. The molecular weight excluding hydrogens is 252 g/mol. The van der Waals surface area contributed by atoms with Crippen molar-refractivity contribution >= 4 is 12.3 Å². The Morgan fingerprint density at radius 3 is 2.75 bits per heavy atom. The molecule has 0 heterocycles. The van der Waals surface area contributed by atoms with Gasteiger partial charge in [-0.05, 0) is 43.6 Å². The monoisotopic (exact) mass is 276 g/mol. The summed E-state index contributed by atoms with van der Waals surface area (Å²) in [6.45, 7) is 8.04. The van der Waals surface area contributed by atoms with E-state index in [1.165, 1.54) is 31.3 Å². The third-order valence-corrected chi connectivity index (χ3v) is 3.97. The minimum Gasteiger partial charge on any atom is -0.435 e. The third kappa shape index (κ3) is 4.80. The molecule has 110 valence electrons. The van der Waals surface area contributed by atoms with Crippen molar-refractivity contribution in [2.24, 2.45) is 11.3 Å². The molecule has 0 fully saturated rings. The van der Waals surface area contributed by atoms with Gasteiger partial charge in [0, 0.05) is 12.5 Å². The second kappa shape index (κ2) is 7.22. The number of allylic oxidation sites excluding steroid dienone is 5. The fourth-order valence-corrected chi connectivity index (χ4v) is 2.73. The number of rotatable bonds is 5. The molecule has 1 aliphatic carbocycles. The molecule has 1 aliphatic rings. The molecule has 0 N–H and O–H groups in total. The summed E-state index contributed by atoms with van der Waals surface area (Å²) < 4.78 is 4.70. The van der Waals surface area contributed by atoms with Crippen LogP contribution >= 0.6 is 0 Å². The summed E-state index contributed by atoms with van der Waals surface area (Å²) in [6, 6.07) is 0. The normalized spacial score (nSPS) is 22.5. The largest absolute Gasteiger partial charge is 0.435 e. The average Bonchev–Trinajstić information content (AvgIpc) is 2.34. The van der Waals surface area contributed by atoms with E-state index in [0.29, 0.717) is 11.5 Å². The molecule has 0 radical (unpaired) electrons. The number of carbonyl (C=O) groups is 2. The van der Waals surface area contributed by atoms with Crippen LogP contribution in [0.2, 0.25) is 0 Å². The molecule has 1 rings (SSSR count). The fourth-order valence-electron chi connectivity index (χ4n) is 2.73. The van der Waals surface area contributed by atoms with Crippen molar-refractivity contribution < 1.29 is 14.3 Å². The highest BCUT2D eigenvalue weighted by Crippen LogP contribution is 2.42. The summed E-state index contributed by atoms with van der Waals surface area (Å²) >= 11 is 0. The summed E-state index contributed by atoms with van der Waals surface area (Å²) in [7, 11) is 0. The van der Waals surface area contributed by atoms with Crippen molar-refractivity contribution in [2.75, 3.05) is 0 Å². The molecule has 3 heteroatoms. The number of aldehydes is 1. The van der Waals surface area contributed by atoms with E-state index >= 15 is 0 Å². The Labute approximate surface area is 121 Å². The summed E-state index contributed by atoms with van der Waals surface area (Å²) in [5.41, 5.74) is 2.19. The summed E-state index contributed by atoms with van der Waals surface area (Å²) in [5, 5.41) is 0. The molecule has 0 aromatic heterocycles. The Balaban J connectivity index is 2.74. The van der Waals surface area contributed by atoms with E-state index in [4.69, 9.17) is 4.74 Å². The average molecular weight is 276 g/mol. The van der Waals surface area contributed by atoms with Gasteiger partial charge in [-0.15, -0.1) is 0 Å². The van der Waals surface area contributed by atoms with Crippen molar-refractivity contribution in [2.45, 2.75) is 47.0 Å². The lowest BCUT2D eigenvalue weighted by Gasteiger charge is -2.38. The van der Waals surface area contributed by atoms with Gasteiger partial charge in [0.2, 0.25) is 0 Å². The van der Waals surface area contributed by atoms with Crippen LogP contribution in [-0.2, 0) is 14.3 Å². The molecule has 1 unspecified atom stereocenters. The Hall–Kier alpha value is -1.64. The quantitative estimate of drug-likeness (QED) is 0.191. The molecule has 3 nitrogen and oxygen atoms in total. The van der Waals surface area contributed by atoms with Crippen LogP contribution in [0.5, 0.6) is 0 Å². The lowest BCUT2D eigenvalue weighted by molar-refractivity contribution is -0.135. The second-order valence-electron chi connectivity index (χ2n) is 6.00. The van der Waals surface area contributed by atoms with Gasteiger partial charge in [-0.2, -0.15) is 0 Å². The van der Waals surface area contributed by atoms with Crippen LogP contribution in [0.4, 0.5) is 0 Å². The van der Waals surface area contributed by atoms with Gasteiger partial charge < -0.3 is 4.74 Å². The maximum absolute atomic E-state index is 11.0. The highest BCUT2D eigenvalue weighted by Gasteiger charge is 2.31. The zero-order valence-electron chi connectivity index (χ0n) is 12.8. The molecule has 0 bridgehead atoms. The van der Waals surface area contributed by atoms with E-state index in [0.717, 1.165) is 19.1 Å². The van der Waals surface area contributed by atoms with Gasteiger partial charge in [-0.25, -0.2) is 0 Å². The minimum absolute atomic E-state index is 0.253. The highest BCUT2D eigenvalue weighted by atomic mass is 16.5. The number of esters is 1. The lowest BCUT2D eigenvalue weighted by Crippen LogP contribution is -2.27. The first-order chi connectivity index (χ1) is 9.36. The molecule has 20 heavy (non-hydrogen) atoms. The fraction of sp³-hybridized carbons (Fsp3) is 0.529. The Morgan fingerprint density at radius 1 is 1.50 bits per heavy atom. The van der Waals surface area contributed by atoms with Crippen molar-refractivity contribution in [3.05, 3.63) is 35.6 Å². The predicted molar refractivity (Wildman–Crippen MR) is 79.9 cm³/mol. The zero-order valence-corrected chi connectivity index (χ0v) is 12.8. The first kappa shape index (κ1) is 16.4. The Kier molecular flexibility index (Phi) is 5.93. The molecule has 0 aromatic rings. The van der Waals surface area contributed by atoms with E-state index in [2.05, 4.69) is 26.8 Å². The van der Waals surface area contributed by atoms with Crippen LogP contribution in [0.15, 0.2) is 35.6 Å². The number of hydrogen-bond acceptors (Lipinski definition) is 3. The van der Waals surface area contributed by atoms with Crippen molar-refractivity contribution in [3.63, 3.8) is 0 Å². The van der Waals surface area contributed by atoms with Crippen LogP contribution in [0.1, 0.15) is 47.0 Å². The molecule has 1 atom stereocenters. The van der Waals surface area contributed by atoms with E-state index in [1.807, 2.05) is 6.08 Å². The number of carbonyl (C=O) groups excluding carboxylic acids is 2. The minimum atomic E-state index is -0.390. The molecule has 0 amide bonds. The molecule has 0 aliphatic heterocycles. The molecule has 0 saturated carbocycles. The van der Waals surface area contributed by atoms with Crippen LogP contribution in [0, 0.1) is 11.3 Å².